The summed E-state index contributed by atoms with van der Waals surface area (Å²) in [4.78, 5) is 0. The maximum Gasteiger partial charge on any atom is 0.200 e. The van der Waals surface area contributed by atoms with Gasteiger partial charge in [-0.25, -0.2) is 22.0 Å². The van der Waals surface area contributed by atoms with Gasteiger partial charge in [0.1, 0.15) is 5.69 Å². The predicted octanol–water partition coefficient (Wildman–Crippen LogP) is 2.32. The quantitative estimate of drug-likeness (QED) is 0.492. The molecule has 0 aromatic heterocycles. The average Bonchev–Trinajstić information content (AvgIpc) is 3.10. The molecule has 1 aromatic carbocycles. The molecule has 1 fully saturated rings. The van der Waals surface area contributed by atoms with Gasteiger partial charge < -0.3 is 10.4 Å². The molecule has 0 spiro atoms. The van der Waals surface area contributed by atoms with Crippen molar-refractivity contribution < 1.29 is 27.1 Å². The topological polar surface area (TPSA) is 32.3 Å². The Morgan fingerprint density at radius 2 is 1.29 bits per heavy atom. The van der Waals surface area contributed by atoms with Crippen LogP contribution in [0.1, 0.15) is 12.8 Å². The van der Waals surface area contributed by atoms with Crippen LogP contribution in [0.5, 0.6) is 0 Å². The minimum atomic E-state index is -2.20. The fourth-order valence-corrected chi connectivity index (χ4v) is 1.45. The van der Waals surface area contributed by atoms with Gasteiger partial charge in [0.2, 0.25) is 5.82 Å². The van der Waals surface area contributed by atoms with E-state index in [2.05, 4.69) is 5.32 Å². The van der Waals surface area contributed by atoms with Gasteiger partial charge in [0.05, 0.1) is 12.1 Å². The molecule has 0 amide bonds. The van der Waals surface area contributed by atoms with Crippen LogP contribution in [0, 0.1) is 29.1 Å². The zero-order chi connectivity index (χ0) is 12.8. The number of nitrogens with one attached hydrogen (secondary N) is 1. The molecule has 0 aliphatic heterocycles. The fraction of sp³-hybridized carbons (Fsp3) is 0.400. The first-order valence-electron chi connectivity index (χ1n) is 4.82. The lowest BCUT2D eigenvalue weighted by molar-refractivity contribution is 0.265. The Kier molecular flexibility index (Phi) is 2.73. The van der Waals surface area contributed by atoms with Gasteiger partial charge in [0.25, 0.3) is 0 Å². The maximum absolute atomic E-state index is 13.2. The summed E-state index contributed by atoms with van der Waals surface area (Å²) in [7, 11) is 0. The maximum atomic E-state index is 13.2. The smallest absolute Gasteiger partial charge is 0.200 e. The van der Waals surface area contributed by atoms with Gasteiger partial charge in [0.15, 0.2) is 23.3 Å². The number of benzene rings is 1. The van der Waals surface area contributed by atoms with E-state index in [1.165, 1.54) is 0 Å². The summed E-state index contributed by atoms with van der Waals surface area (Å²) in [6.07, 6.45) is 0.811. The summed E-state index contributed by atoms with van der Waals surface area (Å²) in [6, 6.07) is 0. The third-order valence-electron chi connectivity index (χ3n) is 2.76. The minimum absolute atomic E-state index is 0.406. The number of aliphatic hydroxyl groups excluding tert-OH is 1. The third kappa shape index (κ3) is 1.84. The van der Waals surface area contributed by atoms with Crippen LogP contribution in [-0.4, -0.2) is 17.3 Å². The van der Waals surface area contributed by atoms with Gasteiger partial charge in [-0.2, -0.15) is 0 Å². The van der Waals surface area contributed by atoms with Crippen molar-refractivity contribution in [1.82, 2.24) is 0 Å². The van der Waals surface area contributed by atoms with Gasteiger partial charge in [0, 0.05) is 0 Å². The van der Waals surface area contributed by atoms with E-state index in [1.54, 1.807) is 0 Å². The molecule has 1 saturated carbocycles. The van der Waals surface area contributed by atoms with Crippen molar-refractivity contribution in [3.63, 3.8) is 0 Å². The molecule has 7 heteroatoms. The lowest BCUT2D eigenvalue weighted by atomic mass is 10.2. The van der Waals surface area contributed by atoms with Crippen LogP contribution < -0.4 is 5.32 Å². The molecule has 2 rings (SSSR count). The number of rotatable bonds is 3. The summed E-state index contributed by atoms with van der Waals surface area (Å²) in [6.45, 7) is -0.438. The molecule has 94 valence electrons. The molecule has 1 aliphatic rings. The van der Waals surface area contributed by atoms with Crippen molar-refractivity contribution in [1.29, 1.82) is 0 Å². The van der Waals surface area contributed by atoms with Crippen LogP contribution in [0.3, 0.4) is 0 Å². The first kappa shape index (κ1) is 12.1. The molecule has 0 heterocycles. The van der Waals surface area contributed by atoms with Crippen LogP contribution >= 0.6 is 0 Å². The summed E-state index contributed by atoms with van der Waals surface area (Å²) in [5.41, 5.74) is -2.06. The molecule has 0 unspecified atom stereocenters. The zero-order valence-electron chi connectivity index (χ0n) is 8.46. The van der Waals surface area contributed by atoms with Crippen molar-refractivity contribution in [2.75, 3.05) is 11.9 Å². The Balaban J connectivity index is 2.47. The van der Waals surface area contributed by atoms with E-state index >= 15 is 0 Å². The molecule has 1 aromatic rings. The second-order valence-corrected chi connectivity index (χ2v) is 4.01. The highest BCUT2D eigenvalue weighted by atomic mass is 19.2. The fourth-order valence-electron chi connectivity index (χ4n) is 1.45. The Bertz CT molecular complexity index is 443. The summed E-state index contributed by atoms with van der Waals surface area (Å²) in [5, 5.41) is 11.1. The number of anilines is 1. The Labute approximate surface area is 93.1 Å². The molecule has 0 radical (unpaired) electrons. The van der Waals surface area contributed by atoms with Gasteiger partial charge in [-0.3, -0.25) is 0 Å². The van der Waals surface area contributed by atoms with Gasteiger partial charge >= 0.3 is 0 Å². The minimum Gasteiger partial charge on any atom is -0.394 e. The highest BCUT2D eigenvalue weighted by Crippen LogP contribution is 2.40. The van der Waals surface area contributed by atoms with Crippen molar-refractivity contribution in [2.24, 2.45) is 0 Å². The SMILES string of the molecule is OCC1(Nc2c(F)c(F)c(F)c(F)c2F)CC1. The Morgan fingerprint density at radius 3 is 1.65 bits per heavy atom. The van der Waals surface area contributed by atoms with Crippen molar-refractivity contribution >= 4 is 5.69 Å². The number of hydrogen-bond donors (Lipinski definition) is 2. The number of hydrogen-bond acceptors (Lipinski definition) is 2. The molecule has 1 aliphatic carbocycles. The first-order chi connectivity index (χ1) is 7.92. The molecule has 0 atom stereocenters. The second kappa shape index (κ2) is 3.83. The zero-order valence-corrected chi connectivity index (χ0v) is 8.46. The van der Waals surface area contributed by atoms with E-state index in [4.69, 9.17) is 5.11 Å². The van der Waals surface area contributed by atoms with E-state index < -0.39 is 46.9 Å². The summed E-state index contributed by atoms with van der Waals surface area (Å²) < 4.78 is 64.9. The van der Waals surface area contributed by atoms with Gasteiger partial charge in [-0.05, 0) is 12.8 Å². The normalized spacial score (nSPS) is 17.1. The molecule has 2 nitrogen and oxygen atoms in total. The van der Waals surface area contributed by atoms with E-state index in [0.717, 1.165) is 0 Å². The Morgan fingerprint density at radius 1 is 0.882 bits per heavy atom. The van der Waals surface area contributed by atoms with Crippen LogP contribution in [0.4, 0.5) is 27.6 Å². The van der Waals surface area contributed by atoms with Crippen LogP contribution in [-0.2, 0) is 0 Å². The van der Waals surface area contributed by atoms with Crippen molar-refractivity contribution in [3.05, 3.63) is 29.1 Å². The highest BCUT2D eigenvalue weighted by Gasteiger charge is 2.44. The predicted molar refractivity (Wildman–Crippen MR) is 48.9 cm³/mol. The lowest BCUT2D eigenvalue weighted by Crippen LogP contribution is -2.27. The van der Waals surface area contributed by atoms with E-state index in [1.807, 2.05) is 0 Å². The van der Waals surface area contributed by atoms with Crippen molar-refractivity contribution in [3.8, 4) is 0 Å². The molecule has 17 heavy (non-hydrogen) atoms. The van der Waals surface area contributed by atoms with Crippen molar-refractivity contribution in [2.45, 2.75) is 18.4 Å². The Hall–Kier alpha value is -1.37. The summed E-state index contributed by atoms with van der Waals surface area (Å²) >= 11 is 0. The van der Waals surface area contributed by atoms with E-state index in [9.17, 15) is 22.0 Å². The molecule has 0 saturated heterocycles. The number of aliphatic hydroxyl groups is 1. The second-order valence-electron chi connectivity index (χ2n) is 4.01. The van der Waals surface area contributed by atoms with Gasteiger partial charge in [-0.15, -0.1) is 0 Å². The van der Waals surface area contributed by atoms with Crippen LogP contribution in [0.2, 0.25) is 0 Å². The van der Waals surface area contributed by atoms with E-state index in [-0.39, 0.29) is 0 Å². The molecule has 0 bridgehead atoms. The van der Waals surface area contributed by atoms with Crippen LogP contribution in [0.25, 0.3) is 0 Å². The molecule has 2 N–H and O–H groups in total. The van der Waals surface area contributed by atoms with Crippen LogP contribution in [0.15, 0.2) is 0 Å². The molecular formula is C10H8F5NO. The average molecular weight is 253 g/mol. The molecular weight excluding hydrogens is 245 g/mol. The van der Waals surface area contributed by atoms with E-state index in [0.29, 0.717) is 12.8 Å². The largest absolute Gasteiger partial charge is 0.394 e. The van der Waals surface area contributed by atoms with Gasteiger partial charge in [-0.1, -0.05) is 0 Å². The first-order valence-corrected chi connectivity index (χ1v) is 4.82. The summed E-state index contributed by atoms with van der Waals surface area (Å²) in [5.74, 6) is -10.0. The standard InChI is InChI=1S/C10H8F5NO/c11-4-5(12)7(14)9(8(15)6(4)13)16-10(3-17)1-2-10/h16-17H,1-3H2. The lowest BCUT2D eigenvalue weighted by Gasteiger charge is -2.17. The monoisotopic (exact) mass is 253 g/mol. The third-order valence-corrected chi connectivity index (χ3v) is 2.76. The highest BCUT2D eigenvalue weighted by molar-refractivity contribution is 5.51. The number of halogens is 5.